The summed E-state index contributed by atoms with van der Waals surface area (Å²) in [4.78, 5) is 0. The number of hydrogen-bond acceptors (Lipinski definition) is 0. The molecule has 16 heavy (non-hydrogen) atoms. The molecule has 1 nitrogen and oxygen atoms in total. The minimum Gasteiger partial charge on any atom is -0.344 e. The topological polar surface area (TPSA) is 4.93 Å². The second-order valence-corrected chi connectivity index (χ2v) is 4.41. The Bertz CT molecular complexity index is 471. The van der Waals surface area contributed by atoms with Crippen LogP contribution in [-0.2, 0) is 6.54 Å². The molecule has 0 amide bonds. The van der Waals surface area contributed by atoms with Gasteiger partial charge in [-0.1, -0.05) is 48.9 Å². The van der Waals surface area contributed by atoms with Crippen LogP contribution < -0.4 is 0 Å². The maximum atomic E-state index is 6.30. The van der Waals surface area contributed by atoms with Crippen molar-refractivity contribution in [3.63, 3.8) is 0 Å². The SMILES string of the molecule is CCCn1c(C)cc(Cl)c1-c1ccccc1. The average molecular weight is 234 g/mol. The number of aromatic nitrogens is 1. The van der Waals surface area contributed by atoms with Gasteiger partial charge in [0.2, 0.25) is 0 Å². The van der Waals surface area contributed by atoms with Gasteiger partial charge in [0.1, 0.15) is 0 Å². The van der Waals surface area contributed by atoms with Crippen LogP contribution in [0.1, 0.15) is 19.0 Å². The third kappa shape index (κ3) is 2.00. The Morgan fingerprint density at radius 3 is 2.50 bits per heavy atom. The Morgan fingerprint density at radius 1 is 1.19 bits per heavy atom. The molecule has 1 aromatic carbocycles. The van der Waals surface area contributed by atoms with Crippen LogP contribution in [-0.4, -0.2) is 4.57 Å². The molecule has 1 aromatic heterocycles. The van der Waals surface area contributed by atoms with Crippen molar-refractivity contribution in [3.8, 4) is 11.3 Å². The van der Waals surface area contributed by atoms with E-state index in [1.807, 2.05) is 24.3 Å². The zero-order valence-corrected chi connectivity index (χ0v) is 10.5. The lowest BCUT2D eigenvalue weighted by Crippen LogP contribution is -2.01. The number of halogens is 1. The van der Waals surface area contributed by atoms with E-state index in [9.17, 15) is 0 Å². The molecule has 1 heterocycles. The third-order valence-electron chi connectivity index (χ3n) is 2.75. The summed E-state index contributed by atoms with van der Waals surface area (Å²) in [5, 5.41) is 0.845. The summed E-state index contributed by atoms with van der Waals surface area (Å²) >= 11 is 6.30. The predicted molar refractivity (Wildman–Crippen MR) is 69.9 cm³/mol. The lowest BCUT2D eigenvalue weighted by molar-refractivity contribution is 0.672. The van der Waals surface area contributed by atoms with E-state index in [0.29, 0.717) is 0 Å². The molecular formula is C14H16ClN. The lowest BCUT2D eigenvalue weighted by atomic mass is 10.1. The molecule has 2 rings (SSSR count). The predicted octanol–water partition coefficient (Wildman–Crippen LogP) is 4.53. The van der Waals surface area contributed by atoms with E-state index in [1.54, 1.807) is 0 Å². The fourth-order valence-electron chi connectivity index (χ4n) is 2.04. The zero-order chi connectivity index (χ0) is 11.5. The van der Waals surface area contributed by atoms with Crippen LogP contribution in [0.3, 0.4) is 0 Å². The van der Waals surface area contributed by atoms with Crippen molar-refractivity contribution in [1.82, 2.24) is 4.57 Å². The molecule has 2 aromatic rings. The van der Waals surface area contributed by atoms with Gasteiger partial charge < -0.3 is 4.57 Å². The summed E-state index contributed by atoms with van der Waals surface area (Å²) in [5.41, 5.74) is 3.56. The van der Waals surface area contributed by atoms with Gasteiger partial charge in [-0.05, 0) is 25.0 Å². The van der Waals surface area contributed by atoms with E-state index in [1.165, 1.54) is 11.3 Å². The number of nitrogens with zero attached hydrogens (tertiary/aromatic N) is 1. The van der Waals surface area contributed by atoms with E-state index in [0.717, 1.165) is 23.7 Å². The molecule has 0 aliphatic heterocycles. The molecule has 2 heteroatoms. The summed E-state index contributed by atoms with van der Waals surface area (Å²) in [6, 6.07) is 12.4. The van der Waals surface area contributed by atoms with Gasteiger partial charge in [0.15, 0.2) is 0 Å². The van der Waals surface area contributed by atoms with Crippen molar-refractivity contribution >= 4 is 11.6 Å². The van der Waals surface area contributed by atoms with E-state index in [-0.39, 0.29) is 0 Å². The van der Waals surface area contributed by atoms with Gasteiger partial charge in [0.25, 0.3) is 0 Å². The minimum atomic E-state index is 0.845. The van der Waals surface area contributed by atoms with Crippen molar-refractivity contribution in [2.24, 2.45) is 0 Å². The van der Waals surface area contributed by atoms with Crippen LogP contribution in [0, 0.1) is 6.92 Å². The van der Waals surface area contributed by atoms with Crippen LogP contribution in [0.5, 0.6) is 0 Å². The molecule has 0 saturated carbocycles. The Hall–Kier alpha value is -1.21. The van der Waals surface area contributed by atoms with Crippen molar-refractivity contribution in [1.29, 1.82) is 0 Å². The maximum Gasteiger partial charge on any atom is 0.0671 e. The van der Waals surface area contributed by atoms with Crippen LogP contribution in [0.25, 0.3) is 11.3 Å². The molecule has 0 N–H and O–H groups in total. The van der Waals surface area contributed by atoms with Gasteiger partial charge in [-0.3, -0.25) is 0 Å². The second-order valence-electron chi connectivity index (χ2n) is 4.00. The normalized spacial score (nSPS) is 10.7. The Balaban J connectivity index is 2.55. The summed E-state index contributed by atoms with van der Waals surface area (Å²) in [6.07, 6.45) is 1.12. The number of benzene rings is 1. The summed E-state index contributed by atoms with van der Waals surface area (Å²) < 4.78 is 2.29. The Morgan fingerprint density at radius 2 is 1.88 bits per heavy atom. The second kappa shape index (κ2) is 4.75. The molecular weight excluding hydrogens is 218 g/mol. The van der Waals surface area contributed by atoms with Crippen molar-refractivity contribution < 1.29 is 0 Å². The van der Waals surface area contributed by atoms with Crippen molar-refractivity contribution in [2.75, 3.05) is 0 Å². The molecule has 0 aliphatic rings. The molecule has 0 radical (unpaired) electrons. The van der Waals surface area contributed by atoms with Crippen LogP contribution in [0.15, 0.2) is 36.4 Å². The van der Waals surface area contributed by atoms with Crippen LogP contribution in [0.4, 0.5) is 0 Å². The Labute approximate surface area is 102 Å². The molecule has 0 bridgehead atoms. The fourth-order valence-corrected chi connectivity index (χ4v) is 2.41. The highest BCUT2D eigenvalue weighted by atomic mass is 35.5. The Kier molecular flexibility index (Phi) is 3.35. The van der Waals surface area contributed by atoms with Gasteiger partial charge in [0, 0.05) is 12.2 Å². The average Bonchev–Trinajstić information content (AvgIpc) is 2.56. The van der Waals surface area contributed by atoms with Crippen molar-refractivity contribution in [3.05, 3.63) is 47.1 Å². The zero-order valence-electron chi connectivity index (χ0n) is 9.70. The van der Waals surface area contributed by atoms with Gasteiger partial charge >= 0.3 is 0 Å². The highest BCUT2D eigenvalue weighted by molar-refractivity contribution is 6.33. The monoisotopic (exact) mass is 233 g/mol. The van der Waals surface area contributed by atoms with E-state index >= 15 is 0 Å². The van der Waals surface area contributed by atoms with Gasteiger partial charge in [-0.15, -0.1) is 0 Å². The van der Waals surface area contributed by atoms with Gasteiger partial charge in [-0.25, -0.2) is 0 Å². The molecule has 0 spiro atoms. The lowest BCUT2D eigenvalue weighted by Gasteiger charge is -2.10. The third-order valence-corrected chi connectivity index (χ3v) is 3.04. The molecule has 84 valence electrons. The van der Waals surface area contributed by atoms with Gasteiger partial charge in [-0.2, -0.15) is 0 Å². The summed E-state index contributed by atoms with van der Waals surface area (Å²) in [5.74, 6) is 0. The highest BCUT2D eigenvalue weighted by Gasteiger charge is 2.11. The quantitative estimate of drug-likeness (QED) is 0.734. The van der Waals surface area contributed by atoms with Gasteiger partial charge in [0.05, 0.1) is 10.7 Å². The maximum absolute atomic E-state index is 6.30. The van der Waals surface area contributed by atoms with Crippen molar-refractivity contribution in [2.45, 2.75) is 26.8 Å². The minimum absolute atomic E-state index is 0.845. The first-order chi connectivity index (χ1) is 7.74. The highest BCUT2D eigenvalue weighted by Crippen LogP contribution is 2.31. The number of rotatable bonds is 3. The molecule has 0 saturated heterocycles. The molecule has 0 atom stereocenters. The fraction of sp³-hybridized carbons (Fsp3) is 0.286. The first kappa shape index (κ1) is 11.3. The van der Waals surface area contributed by atoms with Crippen LogP contribution >= 0.6 is 11.6 Å². The van der Waals surface area contributed by atoms with E-state index in [2.05, 4.69) is 30.5 Å². The molecule has 0 aliphatic carbocycles. The molecule has 0 fully saturated rings. The smallest absolute Gasteiger partial charge is 0.0671 e. The first-order valence-electron chi connectivity index (χ1n) is 5.65. The summed E-state index contributed by atoms with van der Waals surface area (Å²) in [7, 11) is 0. The standard InChI is InChI=1S/C14H16ClN/c1-3-9-16-11(2)10-13(15)14(16)12-7-5-4-6-8-12/h4-8,10H,3,9H2,1-2H3. The first-order valence-corrected chi connectivity index (χ1v) is 6.03. The summed E-state index contributed by atoms with van der Waals surface area (Å²) in [6.45, 7) is 5.30. The van der Waals surface area contributed by atoms with E-state index in [4.69, 9.17) is 11.6 Å². The number of aryl methyl sites for hydroxylation is 1. The van der Waals surface area contributed by atoms with E-state index < -0.39 is 0 Å². The number of hydrogen-bond donors (Lipinski definition) is 0. The van der Waals surface area contributed by atoms with Crippen LogP contribution in [0.2, 0.25) is 5.02 Å². The molecule has 0 unspecified atom stereocenters. The largest absolute Gasteiger partial charge is 0.344 e.